The summed E-state index contributed by atoms with van der Waals surface area (Å²) in [6.45, 7) is 0.612. The third-order valence-electron chi connectivity index (χ3n) is 4.01. The Bertz CT molecular complexity index is 784. The monoisotopic (exact) mass is 501 g/mol. The fourth-order valence-electron chi connectivity index (χ4n) is 2.62. The molecule has 0 fully saturated rings. The van der Waals surface area contributed by atoms with E-state index in [9.17, 15) is 0 Å². The lowest BCUT2D eigenvalue weighted by molar-refractivity contribution is 0.354. The number of methoxy groups -OCH3 is 4. The summed E-state index contributed by atoms with van der Waals surface area (Å²) >= 11 is 0. The van der Waals surface area contributed by atoms with E-state index in [0.29, 0.717) is 24.0 Å². The normalized spacial score (nSPS) is 10.6. The van der Waals surface area contributed by atoms with Gasteiger partial charge in [-0.3, -0.25) is 4.99 Å². The smallest absolute Gasteiger partial charge is 0.193 e. The molecule has 2 rings (SSSR count). The van der Waals surface area contributed by atoms with Crippen molar-refractivity contribution in [3.05, 3.63) is 42.0 Å². The summed E-state index contributed by atoms with van der Waals surface area (Å²) < 4.78 is 21.1. The lowest BCUT2D eigenvalue weighted by atomic mass is 10.1. The average molecular weight is 501 g/mol. The van der Waals surface area contributed by atoms with E-state index in [0.717, 1.165) is 35.6 Å². The van der Waals surface area contributed by atoms with Gasteiger partial charge in [0.1, 0.15) is 0 Å². The van der Waals surface area contributed by atoms with Crippen molar-refractivity contribution in [2.75, 3.05) is 40.3 Å². The van der Waals surface area contributed by atoms with Gasteiger partial charge in [0.15, 0.2) is 29.0 Å². The van der Waals surface area contributed by atoms with E-state index >= 15 is 0 Å². The van der Waals surface area contributed by atoms with Crippen molar-refractivity contribution in [3.63, 3.8) is 0 Å². The molecule has 154 valence electrons. The van der Waals surface area contributed by atoms with Crippen LogP contribution in [0.3, 0.4) is 0 Å². The Balaban J connectivity index is 0.00000392. The van der Waals surface area contributed by atoms with Gasteiger partial charge in [-0.2, -0.15) is 0 Å². The number of nitrogens with zero attached hydrogens (tertiary/aromatic N) is 1. The van der Waals surface area contributed by atoms with Crippen molar-refractivity contribution < 1.29 is 18.9 Å². The SMILES string of the molecule is COc1ccc(CCCN=C(N)Nc2ccc(OC)c(OC)c2)cc1OC.I. The summed E-state index contributed by atoms with van der Waals surface area (Å²) in [5, 5.41) is 3.06. The predicted molar refractivity (Wildman–Crippen MR) is 123 cm³/mol. The largest absolute Gasteiger partial charge is 0.493 e. The molecule has 0 bridgehead atoms. The number of aliphatic imine (C=N–C) groups is 1. The standard InChI is InChI=1S/C20H27N3O4.HI/c1-24-16-9-7-14(12-18(16)26-3)6-5-11-22-20(21)23-15-8-10-17(25-2)19(13-15)27-4;/h7-10,12-13H,5-6,11H2,1-4H3,(H3,21,22,23);1H. The highest BCUT2D eigenvalue weighted by Gasteiger charge is 2.06. The number of hydrogen-bond acceptors (Lipinski definition) is 5. The Hall–Kier alpha value is -2.36. The van der Waals surface area contributed by atoms with Crippen molar-refractivity contribution in [3.8, 4) is 23.0 Å². The van der Waals surface area contributed by atoms with Gasteiger partial charge in [-0.05, 0) is 42.7 Å². The fraction of sp³-hybridized carbons (Fsp3) is 0.350. The Kier molecular flexibility index (Phi) is 10.3. The van der Waals surface area contributed by atoms with Gasteiger partial charge in [0.25, 0.3) is 0 Å². The van der Waals surface area contributed by atoms with Crippen LogP contribution in [0.25, 0.3) is 0 Å². The number of halogens is 1. The van der Waals surface area contributed by atoms with Crippen LogP contribution in [0.15, 0.2) is 41.4 Å². The van der Waals surface area contributed by atoms with E-state index in [4.69, 9.17) is 24.7 Å². The van der Waals surface area contributed by atoms with E-state index in [-0.39, 0.29) is 24.0 Å². The van der Waals surface area contributed by atoms with Gasteiger partial charge < -0.3 is 30.0 Å². The van der Waals surface area contributed by atoms with Crippen molar-refractivity contribution in [1.82, 2.24) is 0 Å². The summed E-state index contributed by atoms with van der Waals surface area (Å²) in [7, 11) is 6.44. The summed E-state index contributed by atoms with van der Waals surface area (Å²) in [6.07, 6.45) is 1.73. The number of guanidine groups is 1. The topological polar surface area (TPSA) is 87.3 Å². The van der Waals surface area contributed by atoms with Crippen LogP contribution in [0.1, 0.15) is 12.0 Å². The Morgan fingerprint density at radius 2 is 1.43 bits per heavy atom. The first kappa shape index (κ1) is 23.7. The second kappa shape index (κ2) is 12.2. The molecule has 0 aromatic heterocycles. The molecule has 0 saturated carbocycles. The van der Waals surface area contributed by atoms with E-state index in [1.54, 1.807) is 28.4 Å². The van der Waals surface area contributed by atoms with Gasteiger partial charge in [0.2, 0.25) is 0 Å². The summed E-state index contributed by atoms with van der Waals surface area (Å²) in [5.74, 6) is 3.10. The van der Waals surface area contributed by atoms with Gasteiger partial charge in [-0.25, -0.2) is 0 Å². The summed E-state index contributed by atoms with van der Waals surface area (Å²) in [5.41, 5.74) is 7.91. The molecule has 0 unspecified atom stereocenters. The molecule has 0 radical (unpaired) electrons. The van der Waals surface area contributed by atoms with Crippen LogP contribution < -0.4 is 30.0 Å². The average Bonchev–Trinajstić information content (AvgIpc) is 2.70. The molecule has 0 amide bonds. The van der Waals surface area contributed by atoms with E-state index in [1.165, 1.54) is 0 Å². The molecule has 0 aliphatic carbocycles. The number of nitrogens with one attached hydrogen (secondary N) is 1. The minimum Gasteiger partial charge on any atom is -0.493 e. The third kappa shape index (κ3) is 6.66. The maximum Gasteiger partial charge on any atom is 0.193 e. The number of hydrogen-bond donors (Lipinski definition) is 2. The van der Waals surface area contributed by atoms with Gasteiger partial charge in [0.05, 0.1) is 28.4 Å². The van der Waals surface area contributed by atoms with Crippen LogP contribution in [0.2, 0.25) is 0 Å². The van der Waals surface area contributed by atoms with Crippen LogP contribution in [0.5, 0.6) is 23.0 Å². The molecule has 3 N–H and O–H groups in total. The van der Waals surface area contributed by atoms with Crippen LogP contribution in [0.4, 0.5) is 5.69 Å². The lowest BCUT2D eigenvalue weighted by Crippen LogP contribution is -2.22. The second-order valence-electron chi connectivity index (χ2n) is 5.75. The van der Waals surface area contributed by atoms with Gasteiger partial charge >= 0.3 is 0 Å². The molecular formula is C20H28IN3O4. The maximum atomic E-state index is 5.96. The van der Waals surface area contributed by atoms with Crippen molar-refractivity contribution in [2.24, 2.45) is 10.7 Å². The first-order valence-corrected chi connectivity index (χ1v) is 8.61. The highest BCUT2D eigenvalue weighted by Crippen LogP contribution is 2.30. The highest BCUT2D eigenvalue weighted by molar-refractivity contribution is 14.0. The number of rotatable bonds is 9. The molecule has 2 aromatic carbocycles. The van der Waals surface area contributed by atoms with Crippen LogP contribution in [-0.2, 0) is 6.42 Å². The Labute approximate surface area is 183 Å². The molecule has 0 aliphatic heterocycles. The number of anilines is 1. The molecule has 0 atom stereocenters. The molecule has 7 nitrogen and oxygen atoms in total. The summed E-state index contributed by atoms with van der Waals surface area (Å²) in [6, 6.07) is 11.4. The van der Waals surface area contributed by atoms with E-state index < -0.39 is 0 Å². The first-order valence-electron chi connectivity index (χ1n) is 8.61. The predicted octanol–water partition coefficient (Wildman–Crippen LogP) is 3.70. The van der Waals surface area contributed by atoms with Crippen LogP contribution >= 0.6 is 24.0 Å². The second-order valence-corrected chi connectivity index (χ2v) is 5.75. The fourth-order valence-corrected chi connectivity index (χ4v) is 2.62. The number of aryl methyl sites for hydroxylation is 1. The van der Waals surface area contributed by atoms with Gasteiger partial charge in [-0.1, -0.05) is 6.07 Å². The van der Waals surface area contributed by atoms with Gasteiger partial charge in [0, 0.05) is 18.3 Å². The highest BCUT2D eigenvalue weighted by atomic mass is 127. The quantitative estimate of drug-likeness (QED) is 0.236. The van der Waals surface area contributed by atoms with Crippen LogP contribution in [-0.4, -0.2) is 40.9 Å². The zero-order valence-electron chi connectivity index (χ0n) is 16.7. The molecule has 0 heterocycles. The van der Waals surface area contributed by atoms with Crippen LogP contribution in [0, 0.1) is 0 Å². The lowest BCUT2D eigenvalue weighted by Gasteiger charge is -2.11. The molecule has 0 saturated heterocycles. The van der Waals surface area contributed by atoms with E-state index in [2.05, 4.69) is 10.3 Å². The zero-order chi connectivity index (χ0) is 19.6. The molecular weight excluding hydrogens is 473 g/mol. The number of nitrogens with two attached hydrogens (primary N) is 1. The van der Waals surface area contributed by atoms with E-state index in [1.807, 2.05) is 36.4 Å². The van der Waals surface area contributed by atoms with Crippen molar-refractivity contribution in [2.45, 2.75) is 12.8 Å². The minimum absolute atomic E-state index is 0. The third-order valence-corrected chi connectivity index (χ3v) is 4.01. The summed E-state index contributed by atoms with van der Waals surface area (Å²) in [4.78, 5) is 4.36. The molecule has 0 spiro atoms. The molecule has 8 heteroatoms. The van der Waals surface area contributed by atoms with Crippen molar-refractivity contribution in [1.29, 1.82) is 0 Å². The first-order chi connectivity index (χ1) is 13.1. The van der Waals surface area contributed by atoms with Crippen molar-refractivity contribution >= 4 is 35.6 Å². The number of ether oxygens (including phenoxy) is 4. The Morgan fingerprint density at radius 3 is 2.04 bits per heavy atom. The molecule has 0 aliphatic rings. The molecule has 2 aromatic rings. The molecule has 28 heavy (non-hydrogen) atoms. The maximum absolute atomic E-state index is 5.96. The minimum atomic E-state index is 0. The van der Waals surface area contributed by atoms with Gasteiger partial charge in [-0.15, -0.1) is 24.0 Å². The number of benzene rings is 2. The zero-order valence-corrected chi connectivity index (χ0v) is 19.0. The Morgan fingerprint density at radius 1 is 0.857 bits per heavy atom.